The van der Waals surface area contributed by atoms with Crippen LogP contribution in [0.15, 0.2) is 60.8 Å². The van der Waals surface area contributed by atoms with Crippen LogP contribution in [0.1, 0.15) is 245 Å². The Labute approximate surface area is 370 Å². The quantitative estimate of drug-likeness (QED) is 0.0263. The molecule has 1 atom stereocenters. The molecule has 6 heteroatoms. The van der Waals surface area contributed by atoms with Gasteiger partial charge in [0.1, 0.15) is 13.2 Å². The van der Waals surface area contributed by atoms with Crippen LogP contribution in [0.3, 0.4) is 0 Å². The zero-order chi connectivity index (χ0) is 43.7. The third kappa shape index (κ3) is 46.2. The van der Waals surface area contributed by atoms with Crippen molar-refractivity contribution < 1.29 is 28.6 Å². The van der Waals surface area contributed by atoms with E-state index in [1.165, 1.54) is 135 Å². The van der Waals surface area contributed by atoms with Crippen LogP contribution in [0.4, 0.5) is 0 Å². The van der Waals surface area contributed by atoms with Crippen LogP contribution in [0.5, 0.6) is 0 Å². The molecule has 0 saturated heterocycles. The molecule has 1 unspecified atom stereocenters. The smallest absolute Gasteiger partial charge is 0.310 e. The number of hydrogen-bond donors (Lipinski definition) is 0. The van der Waals surface area contributed by atoms with Crippen molar-refractivity contribution in [1.29, 1.82) is 0 Å². The van der Waals surface area contributed by atoms with Crippen LogP contribution in [0.2, 0.25) is 0 Å². The second-order valence-electron chi connectivity index (χ2n) is 16.7. The SMILES string of the molecule is CC/C=C\C/C=C\C/C=C\C/C=C\C/C=C\CC(=O)OC(COC(=O)CCCCCCCCCC)COC(=O)CCCCCCCCCCCCCCCCCCCCC. The van der Waals surface area contributed by atoms with Crippen LogP contribution >= 0.6 is 0 Å². The minimum absolute atomic E-state index is 0.101. The van der Waals surface area contributed by atoms with E-state index in [0.29, 0.717) is 12.8 Å². The van der Waals surface area contributed by atoms with Crippen molar-refractivity contribution in [1.82, 2.24) is 0 Å². The van der Waals surface area contributed by atoms with Gasteiger partial charge in [-0.25, -0.2) is 0 Å². The van der Waals surface area contributed by atoms with Gasteiger partial charge in [-0.3, -0.25) is 14.4 Å². The largest absolute Gasteiger partial charge is 0.462 e. The van der Waals surface area contributed by atoms with Crippen molar-refractivity contribution in [3.05, 3.63) is 60.8 Å². The molecule has 6 nitrogen and oxygen atoms in total. The molecule has 0 aliphatic rings. The number of ether oxygens (including phenoxy) is 3. The molecule has 0 fully saturated rings. The van der Waals surface area contributed by atoms with E-state index in [2.05, 4.69) is 69.4 Å². The van der Waals surface area contributed by atoms with Crippen LogP contribution in [0.25, 0.3) is 0 Å². The first kappa shape index (κ1) is 57.1. The molecule has 0 amide bonds. The molecular weight excluding hydrogens is 745 g/mol. The highest BCUT2D eigenvalue weighted by Crippen LogP contribution is 2.16. The molecule has 0 N–H and O–H groups in total. The second kappa shape index (κ2) is 48.8. The molecule has 0 bridgehead atoms. The number of carbonyl (C=O) groups excluding carboxylic acids is 3. The average molecular weight is 839 g/mol. The van der Waals surface area contributed by atoms with Gasteiger partial charge < -0.3 is 14.2 Å². The lowest BCUT2D eigenvalue weighted by molar-refractivity contribution is -0.166. The van der Waals surface area contributed by atoms with Crippen molar-refractivity contribution in [3.8, 4) is 0 Å². The standard InChI is InChI=1S/C54H94O6/c1-4-7-10-13-16-19-21-23-25-26-27-28-30-31-33-35-38-41-44-47-53(56)59-50-51(49-58-52(55)46-43-40-37-18-15-12-9-6-3)60-54(57)48-45-42-39-36-34-32-29-24-22-20-17-14-11-8-5-2/h8,11,17,20,24,29,34,36,42,45,51H,4-7,9-10,12-16,18-19,21-23,25-28,30-33,35,37-41,43-44,46-50H2,1-3H3/b11-8-,20-17-,29-24-,36-34-,45-42-. The Kier molecular flexibility index (Phi) is 46.4. The lowest BCUT2D eigenvalue weighted by Crippen LogP contribution is -2.30. The number of hydrogen-bond acceptors (Lipinski definition) is 6. The molecule has 346 valence electrons. The van der Waals surface area contributed by atoms with Crippen molar-refractivity contribution in [2.24, 2.45) is 0 Å². The predicted molar refractivity (Wildman–Crippen MR) is 256 cm³/mol. The van der Waals surface area contributed by atoms with Gasteiger partial charge in [0.2, 0.25) is 0 Å². The minimum Gasteiger partial charge on any atom is -0.462 e. The van der Waals surface area contributed by atoms with Gasteiger partial charge in [0.25, 0.3) is 0 Å². The Hall–Kier alpha value is -2.89. The van der Waals surface area contributed by atoms with E-state index in [1.54, 1.807) is 6.08 Å². The normalized spacial score (nSPS) is 12.5. The first-order valence-electron chi connectivity index (χ1n) is 25.3. The molecule has 0 radical (unpaired) electrons. The first-order chi connectivity index (χ1) is 29.5. The lowest BCUT2D eigenvalue weighted by Gasteiger charge is -2.18. The maximum absolute atomic E-state index is 12.7. The molecule has 0 aromatic carbocycles. The third-order valence-electron chi connectivity index (χ3n) is 10.8. The van der Waals surface area contributed by atoms with Gasteiger partial charge in [0, 0.05) is 12.8 Å². The fourth-order valence-corrected chi connectivity index (χ4v) is 7.05. The second-order valence-corrected chi connectivity index (χ2v) is 16.7. The summed E-state index contributed by atoms with van der Waals surface area (Å²) in [5, 5.41) is 0. The summed E-state index contributed by atoms with van der Waals surface area (Å²) in [5.41, 5.74) is 0. The van der Waals surface area contributed by atoms with E-state index in [1.807, 2.05) is 6.08 Å². The summed E-state index contributed by atoms with van der Waals surface area (Å²) in [6.45, 7) is 6.42. The Morgan fingerprint density at radius 2 is 0.633 bits per heavy atom. The molecule has 0 saturated carbocycles. The van der Waals surface area contributed by atoms with Crippen molar-refractivity contribution in [2.45, 2.75) is 252 Å². The average Bonchev–Trinajstić information content (AvgIpc) is 3.24. The maximum Gasteiger partial charge on any atom is 0.310 e. The minimum atomic E-state index is -0.822. The summed E-state index contributed by atoms with van der Waals surface area (Å²) >= 11 is 0. The number of unbranched alkanes of at least 4 members (excludes halogenated alkanes) is 25. The summed E-state index contributed by atoms with van der Waals surface area (Å²) in [6.07, 6.45) is 59.6. The van der Waals surface area contributed by atoms with Crippen molar-refractivity contribution in [2.75, 3.05) is 13.2 Å². The van der Waals surface area contributed by atoms with Crippen LogP contribution in [-0.2, 0) is 28.6 Å². The molecular formula is C54H94O6. The summed E-state index contributed by atoms with van der Waals surface area (Å²) in [6, 6.07) is 0. The molecule has 0 spiro atoms. The van der Waals surface area contributed by atoms with Crippen LogP contribution in [-0.4, -0.2) is 37.2 Å². The van der Waals surface area contributed by atoms with Crippen molar-refractivity contribution >= 4 is 17.9 Å². The van der Waals surface area contributed by atoms with E-state index in [-0.39, 0.29) is 31.6 Å². The molecule has 0 aliphatic heterocycles. The summed E-state index contributed by atoms with van der Waals surface area (Å²) < 4.78 is 16.6. The molecule has 0 aromatic rings. The maximum atomic E-state index is 12.7. The number of carbonyl (C=O) groups is 3. The van der Waals surface area contributed by atoms with E-state index >= 15 is 0 Å². The lowest BCUT2D eigenvalue weighted by atomic mass is 10.0. The monoisotopic (exact) mass is 839 g/mol. The number of allylic oxidation sites excluding steroid dienone is 9. The highest BCUT2D eigenvalue weighted by molar-refractivity contribution is 5.72. The van der Waals surface area contributed by atoms with E-state index in [0.717, 1.165) is 70.6 Å². The molecule has 0 aromatic heterocycles. The van der Waals surface area contributed by atoms with Gasteiger partial charge >= 0.3 is 17.9 Å². The summed E-state index contributed by atoms with van der Waals surface area (Å²) in [5.74, 6) is -1.04. The fourth-order valence-electron chi connectivity index (χ4n) is 7.05. The predicted octanol–water partition coefficient (Wildman–Crippen LogP) is 16.5. The third-order valence-corrected chi connectivity index (χ3v) is 10.8. The molecule has 60 heavy (non-hydrogen) atoms. The van der Waals surface area contributed by atoms with Crippen LogP contribution in [0, 0.1) is 0 Å². The van der Waals surface area contributed by atoms with Crippen molar-refractivity contribution in [3.63, 3.8) is 0 Å². The zero-order valence-electron chi connectivity index (χ0n) is 39.5. The van der Waals surface area contributed by atoms with E-state index < -0.39 is 12.1 Å². The molecule has 0 rings (SSSR count). The topological polar surface area (TPSA) is 78.9 Å². The zero-order valence-corrected chi connectivity index (χ0v) is 39.5. The fraction of sp³-hybridized carbons (Fsp3) is 0.759. The Morgan fingerprint density at radius 1 is 0.350 bits per heavy atom. The van der Waals surface area contributed by atoms with E-state index in [9.17, 15) is 14.4 Å². The Morgan fingerprint density at radius 3 is 0.950 bits per heavy atom. The van der Waals surface area contributed by atoms with E-state index in [4.69, 9.17) is 14.2 Å². The molecule has 0 aliphatic carbocycles. The summed E-state index contributed by atoms with van der Waals surface area (Å²) in [7, 11) is 0. The number of esters is 3. The van der Waals surface area contributed by atoms with Gasteiger partial charge in [-0.2, -0.15) is 0 Å². The van der Waals surface area contributed by atoms with Gasteiger partial charge in [0.15, 0.2) is 6.10 Å². The number of rotatable bonds is 45. The van der Waals surface area contributed by atoms with Gasteiger partial charge in [-0.05, 0) is 44.9 Å². The van der Waals surface area contributed by atoms with Gasteiger partial charge in [-0.15, -0.1) is 0 Å². The van der Waals surface area contributed by atoms with Gasteiger partial charge in [0.05, 0.1) is 6.42 Å². The van der Waals surface area contributed by atoms with Crippen LogP contribution < -0.4 is 0 Å². The first-order valence-corrected chi connectivity index (χ1v) is 25.3. The summed E-state index contributed by atoms with van der Waals surface area (Å²) in [4.78, 5) is 37.7. The van der Waals surface area contributed by atoms with Gasteiger partial charge in [-0.1, -0.05) is 242 Å². The highest BCUT2D eigenvalue weighted by atomic mass is 16.6. The Balaban J connectivity index is 4.35. The highest BCUT2D eigenvalue weighted by Gasteiger charge is 2.19. The Bertz CT molecular complexity index is 1100. The molecule has 0 heterocycles.